The average molecular weight is 533 g/mol. The van der Waals surface area contributed by atoms with Gasteiger partial charge in [-0.25, -0.2) is 13.8 Å². The van der Waals surface area contributed by atoms with Gasteiger partial charge >= 0.3 is 0 Å². The highest BCUT2D eigenvalue weighted by molar-refractivity contribution is 8.00. The number of carbonyl (C=O) groups is 1. The minimum Gasteiger partial charge on any atom is -0.395 e. The number of fused-ring (bicyclic) bond motifs is 1. The number of benzene rings is 1. The third kappa shape index (κ3) is 6.09. The van der Waals surface area contributed by atoms with Crippen molar-refractivity contribution in [3.05, 3.63) is 35.5 Å². The second kappa shape index (κ2) is 11.0. The summed E-state index contributed by atoms with van der Waals surface area (Å²) in [6.07, 6.45) is 3.20. The zero-order valence-corrected chi connectivity index (χ0v) is 21.9. The van der Waals surface area contributed by atoms with E-state index in [2.05, 4.69) is 24.9 Å². The van der Waals surface area contributed by atoms with Gasteiger partial charge in [0.15, 0.2) is 0 Å². The quantitative estimate of drug-likeness (QED) is 0.337. The number of nitrogens with zero attached hydrogens (tertiary/aromatic N) is 4. The molecule has 200 valence electrons. The molecule has 11 heteroatoms. The summed E-state index contributed by atoms with van der Waals surface area (Å²) in [4.78, 5) is 26.5. The van der Waals surface area contributed by atoms with Gasteiger partial charge < -0.3 is 24.9 Å². The number of halogens is 2. The van der Waals surface area contributed by atoms with Gasteiger partial charge in [-0.05, 0) is 56.2 Å². The monoisotopic (exact) mass is 532 g/mol. The molecular weight excluding hydrogens is 498 g/mol. The summed E-state index contributed by atoms with van der Waals surface area (Å²) in [6.45, 7) is 4.08. The number of hydrogen-bond acceptors (Lipinski definition) is 8. The fourth-order valence-electron chi connectivity index (χ4n) is 5.38. The summed E-state index contributed by atoms with van der Waals surface area (Å²) in [5.41, 5.74) is 2.97. The molecule has 1 aromatic carbocycles. The Morgan fingerprint density at radius 3 is 2.59 bits per heavy atom. The molecule has 1 amide bonds. The smallest absolute Gasteiger partial charge is 0.258 e. The van der Waals surface area contributed by atoms with E-state index in [1.54, 1.807) is 17.9 Å². The topological polar surface area (TPSA) is 93.6 Å². The molecule has 2 aliphatic heterocycles. The van der Waals surface area contributed by atoms with E-state index in [9.17, 15) is 13.6 Å². The van der Waals surface area contributed by atoms with Crippen LogP contribution in [0.3, 0.4) is 0 Å². The highest BCUT2D eigenvalue weighted by atomic mass is 32.2. The van der Waals surface area contributed by atoms with E-state index in [0.717, 1.165) is 36.8 Å². The average Bonchev–Trinajstić information content (AvgIpc) is 2.84. The Morgan fingerprint density at radius 2 is 1.89 bits per heavy atom. The fourth-order valence-corrected chi connectivity index (χ4v) is 5.86. The first-order valence-corrected chi connectivity index (χ1v) is 14.0. The van der Waals surface area contributed by atoms with Gasteiger partial charge in [-0.1, -0.05) is 11.9 Å². The summed E-state index contributed by atoms with van der Waals surface area (Å²) < 4.78 is 30.5. The molecule has 1 aliphatic carbocycles. The Hall–Kier alpha value is -2.66. The zero-order chi connectivity index (χ0) is 26.0. The van der Waals surface area contributed by atoms with E-state index < -0.39 is 5.92 Å². The molecule has 2 unspecified atom stereocenters. The molecule has 0 spiro atoms. The number of amides is 1. The molecule has 0 bridgehead atoms. The Bertz CT molecular complexity index is 1130. The number of nitrogens with one attached hydrogen (secondary N) is 2. The van der Waals surface area contributed by atoms with Gasteiger partial charge in [0.05, 0.1) is 17.9 Å². The van der Waals surface area contributed by atoms with E-state index in [1.807, 2.05) is 18.2 Å². The Labute approximate surface area is 220 Å². The number of rotatable bonds is 8. The first-order chi connectivity index (χ1) is 17.8. The minimum atomic E-state index is -2.65. The predicted molar refractivity (Wildman–Crippen MR) is 144 cm³/mol. The second-order valence-corrected chi connectivity index (χ2v) is 11.1. The maximum atomic E-state index is 13.6. The number of piperidine rings is 2. The van der Waals surface area contributed by atoms with Gasteiger partial charge in [-0.2, -0.15) is 4.98 Å². The van der Waals surface area contributed by atoms with Crippen molar-refractivity contribution in [1.29, 1.82) is 0 Å². The molecule has 3 fully saturated rings. The van der Waals surface area contributed by atoms with Crippen molar-refractivity contribution in [1.82, 2.24) is 9.97 Å². The summed E-state index contributed by atoms with van der Waals surface area (Å²) >= 11 is 1.42. The van der Waals surface area contributed by atoms with Gasteiger partial charge in [0.1, 0.15) is 5.82 Å². The zero-order valence-electron chi connectivity index (χ0n) is 21.1. The van der Waals surface area contributed by atoms with E-state index in [0.29, 0.717) is 34.7 Å². The van der Waals surface area contributed by atoms with Gasteiger partial charge in [-0.3, -0.25) is 4.79 Å². The second-order valence-electron chi connectivity index (χ2n) is 10.2. The van der Waals surface area contributed by atoms with Crippen LogP contribution in [0.5, 0.6) is 0 Å². The number of aliphatic hydroxyl groups is 1. The number of alkyl halides is 2. The molecule has 3 N–H and O–H groups in total. The third-order valence-corrected chi connectivity index (χ3v) is 8.39. The van der Waals surface area contributed by atoms with Crippen LogP contribution in [0.25, 0.3) is 0 Å². The summed E-state index contributed by atoms with van der Waals surface area (Å²) in [6, 6.07) is 7.38. The molecule has 3 heterocycles. The maximum absolute atomic E-state index is 13.6. The van der Waals surface area contributed by atoms with Crippen molar-refractivity contribution in [3.63, 3.8) is 0 Å². The Morgan fingerprint density at radius 1 is 1.11 bits per heavy atom. The summed E-state index contributed by atoms with van der Waals surface area (Å²) in [5.74, 6) is -0.169. The van der Waals surface area contributed by atoms with E-state index in [1.165, 1.54) is 24.8 Å². The van der Waals surface area contributed by atoms with Crippen LogP contribution in [0.4, 0.5) is 31.9 Å². The van der Waals surface area contributed by atoms with Crippen molar-refractivity contribution in [2.45, 2.75) is 45.0 Å². The number of aryl methyl sites for hydroxylation is 1. The molecule has 0 radical (unpaired) electrons. The van der Waals surface area contributed by atoms with Crippen LogP contribution in [0, 0.1) is 18.8 Å². The lowest BCUT2D eigenvalue weighted by Gasteiger charge is -2.46. The molecule has 3 aliphatic rings. The van der Waals surface area contributed by atoms with Crippen molar-refractivity contribution in [2.24, 2.45) is 11.8 Å². The van der Waals surface area contributed by atoms with Gasteiger partial charge in [-0.15, -0.1) is 0 Å². The van der Waals surface area contributed by atoms with Crippen LogP contribution in [0.15, 0.2) is 24.3 Å². The van der Waals surface area contributed by atoms with E-state index >= 15 is 0 Å². The lowest BCUT2D eigenvalue weighted by molar-refractivity contribution is -0.0222. The normalized spacial score (nSPS) is 22.7. The van der Waals surface area contributed by atoms with Crippen LogP contribution in [0.2, 0.25) is 0 Å². The number of anilines is 4. The molecule has 37 heavy (non-hydrogen) atoms. The first kappa shape index (κ1) is 26.0. The standard InChI is InChI=1S/C26H34F2N6O2S/c1-17-14-23(31-25(29-17)33-10-7-26(27,28)8-11-33)30-24(36)21-5-4-20(32-37-13-12-35)15-22(21)34-9-6-18-2-3-19(18)16-34/h4-5,14-15,18-19,32,35H,2-3,6-13,16H2,1H3,(H,29,30,31,36). The van der Waals surface area contributed by atoms with Crippen molar-refractivity contribution >= 4 is 41.0 Å². The number of hydrogen-bond donors (Lipinski definition) is 3. The Kier molecular flexibility index (Phi) is 7.71. The maximum Gasteiger partial charge on any atom is 0.258 e. The van der Waals surface area contributed by atoms with Crippen LogP contribution in [-0.2, 0) is 0 Å². The predicted octanol–water partition coefficient (Wildman–Crippen LogP) is 4.56. The lowest BCUT2D eigenvalue weighted by Crippen LogP contribution is -2.45. The lowest BCUT2D eigenvalue weighted by atomic mass is 9.69. The van der Waals surface area contributed by atoms with Crippen LogP contribution >= 0.6 is 11.9 Å². The number of aromatic nitrogens is 2. The largest absolute Gasteiger partial charge is 0.395 e. The molecule has 1 aromatic heterocycles. The van der Waals surface area contributed by atoms with Gasteiger partial charge in [0.2, 0.25) is 5.95 Å². The molecular formula is C26H34F2N6O2S. The van der Waals surface area contributed by atoms with Crippen LogP contribution in [0.1, 0.15) is 48.2 Å². The van der Waals surface area contributed by atoms with Crippen LogP contribution in [-0.4, -0.2) is 65.4 Å². The number of carbonyl (C=O) groups excluding carboxylic acids is 1. The van der Waals surface area contributed by atoms with Gasteiger partial charge in [0, 0.05) is 62.2 Å². The van der Waals surface area contributed by atoms with Crippen molar-refractivity contribution in [2.75, 3.05) is 58.4 Å². The SMILES string of the molecule is Cc1cc(NC(=O)c2ccc(NSCCO)cc2N2CCC3CCC3C2)nc(N2CCC(F)(F)CC2)n1. The van der Waals surface area contributed by atoms with Crippen molar-refractivity contribution in [3.8, 4) is 0 Å². The fraction of sp³-hybridized carbons (Fsp3) is 0.577. The van der Waals surface area contributed by atoms with Crippen LogP contribution < -0.4 is 19.8 Å². The molecule has 5 rings (SSSR count). The summed E-state index contributed by atoms with van der Waals surface area (Å²) in [7, 11) is 0. The van der Waals surface area contributed by atoms with Gasteiger partial charge in [0.25, 0.3) is 11.8 Å². The third-order valence-electron chi connectivity index (χ3n) is 7.63. The minimum absolute atomic E-state index is 0.0837. The molecule has 8 nitrogen and oxygen atoms in total. The Balaban J connectivity index is 1.36. The highest BCUT2D eigenvalue weighted by Crippen LogP contribution is 2.42. The van der Waals surface area contributed by atoms with Crippen molar-refractivity contribution < 1.29 is 18.7 Å². The van der Waals surface area contributed by atoms with E-state index in [4.69, 9.17) is 5.11 Å². The molecule has 2 saturated heterocycles. The van der Waals surface area contributed by atoms with E-state index in [-0.39, 0.29) is 38.4 Å². The molecule has 2 atom stereocenters. The summed E-state index contributed by atoms with van der Waals surface area (Å²) in [5, 5.41) is 12.0. The number of aliphatic hydroxyl groups excluding tert-OH is 1. The first-order valence-electron chi connectivity index (χ1n) is 13.0. The molecule has 1 saturated carbocycles. The molecule has 2 aromatic rings. The highest BCUT2D eigenvalue weighted by Gasteiger charge is 2.37.